The lowest BCUT2D eigenvalue weighted by molar-refractivity contribution is 0.181. The summed E-state index contributed by atoms with van der Waals surface area (Å²) in [5.41, 5.74) is 1.37. The molecule has 0 spiro atoms. The lowest BCUT2D eigenvalue weighted by atomic mass is 9.78. The first kappa shape index (κ1) is 12.4. The average molecular weight is 233 g/mol. The van der Waals surface area contributed by atoms with Gasteiger partial charge < -0.3 is 10.1 Å². The van der Waals surface area contributed by atoms with E-state index in [1.54, 1.807) is 0 Å². The van der Waals surface area contributed by atoms with Crippen LogP contribution in [0, 0.1) is 5.92 Å². The fourth-order valence-corrected chi connectivity index (χ4v) is 2.95. The highest BCUT2D eigenvalue weighted by molar-refractivity contribution is 5.39. The molecule has 0 bridgehead atoms. The van der Waals surface area contributed by atoms with Gasteiger partial charge in [0.25, 0.3) is 0 Å². The molecule has 1 N–H and O–H groups in total. The molecule has 3 unspecified atom stereocenters. The largest absolute Gasteiger partial charge is 0.493 e. The lowest BCUT2D eigenvalue weighted by Gasteiger charge is -2.36. The van der Waals surface area contributed by atoms with Crippen LogP contribution in [0.5, 0.6) is 5.75 Å². The number of hydrogen-bond acceptors (Lipinski definition) is 2. The van der Waals surface area contributed by atoms with E-state index in [9.17, 15) is 0 Å². The number of likely N-dealkylation sites (N-methyl/N-ethyl adjacent to an activating group) is 1. The summed E-state index contributed by atoms with van der Waals surface area (Å²) >= 11 is 0. The van der Waals surface area contributed by atoms with E-state index in [1.165, 1.54) is 18.4 Å². The van der Waals surface area contributed by atoms with Crippen LogP contribution >= 0.6 is 0 Å². The van der Waals surface area contributed by atoms with Crippen molar-refractivity contribution >= 4 is 0 Å². The highest BCUT2D eigenvalue weighted by Crippen LogP contribution is 2.39. The smallest absolute Gasteiger partial charge is 0.122 e. The Kier molecular flexibility index (Phi) is 4.06. The molecule has 1 aromatic carbocycles. The van der Waals surface area contributed by atoms with Crippen LogP contribution in [0.15, 0.2) is 24.3 Å². The number of benzene rings is 1. The van der Waals surface area contributed by atoms with Crippen LogP contribution in [0.4, 0.5) is 0 Å². The van der Waals surface area contributed by atoms with Crippen molar-refractivity contribution in [2.24, 2.45) is 5.92 Å². The van der Waals surface area contributed by atoms with Gasteiger partial charge in [0.1, 0.15) is 5.75 Å². The number of fused-ring (bicyclic) bond motifs is 1. The van der Waals surface area contributed by atoms with Crippen molar-refractivity contribution in [1.82, 2.24) is 5.32 Å². The van der Waals surface area contributed by atoms with Gasteiger partial charge in [0.2, 0.25) is 0 Å². The summed E-state index contributed by atoms with van der Waals surface area (Å²) in [4.78, 5) is 0. The monoisotopic (exact) mass is 233 g/mol. The number of ether oxygens (including phenoxy) is 1. The second-order valence-electron chi connectivity index (χ2n) is 5.04. The second kappa shape index (κ2) is 5.54. The molecule has 1 aliphatic heterocycles. The summed E-state index contributed by atoms with van der Waals surface area (Å²) in [6.45, 7) is 5.38. The highest BCUT2D eigenvalue weighted by Gasteiger charge is 2.32. The first-order chi connectivity index (χ1) is 8.27. The molecule has 0 aromatic heterocycles. The average Bonchev–Trinajstić information content (AvgIpc) is 2.37. The molecule has 3 atom stereocenters. The van der Waals surface area contributed by atoms with Crippen molar-refractivity contribution in [3.05, 3.63) is 29.8 Å². The number of hydrogen-bond donors (Lipinski definition) is 1. The molecule has 2 rings (SSSR count). The summed E-state index contributed by atoms with van der Waals surface area (Å²) in [5.74, 6) is 2.23. The van der Waals surface area contributed by atoms with Crippen molar-refractivity contribution in [3.63, 3.8) is 0 Å². The zero-order chi connectivity index (χ0) is 12.3. The molecule has 1 heterocycles. The third-order valence-corrected chi connectivity index (χ3v) is 3.80. The summed E-state index contributed by atoms with van der Waals surface area (Å²) in [5, 5.41) is 3.49. The van der Waals surface area contributed by atoms with Gasteiger partial charge in [-0.1, -0.05) is 38.5 Å². The van der Waals surface area contributed by atoms with E-state index in [0.717, 1.165) is 12.4 Å². The van der Waals surface area contributed by atoms with Gasteiger partial charge in [-0.05, 0) is 31.0 Å². The molecular formula is C15H23NO. The Labute approximate surface area is 104 Å². The molecular weight excluding hydrogens is 210 g/mol. The minimum absolute atomic E-state index is 0.556. The highest BCUT2D eigenvalue weighted by atomic mass is 16.5. The van der Waals surface area contributed by atoms with Crippen molar-refractivity contribution in [3.8, 4) is 5.75 Å². The summed E-state index contributed by atoms with van der Waals surface area (Å²) in [7, 11) is 2.07. The van der Waals surface area contributed by atoms with Crippen LogP contribution in [-0.2, 0) is 0 Å². The Bertz CT molecular complexity index is 364. The second-order valence-corrected chi connectivity index (χ2v) is 5.04. The fraction of sp³-hybridized carbons (Fsp3) is 0.600. The zero-order valence-corrected chi connectivity index (χ0v) is 11.1. The van der Waals surface area contributed by atoms with Crippen LogP contribution in [0.25, 0.3) is 0 Å². The molecule has 2 heteroatoms. The number of rotatable bonds is 4. The minimum Gasteiger partial charge on any atom is -0.493 e. The van der Waals surface area contributed by atoms with E-state index in [0.29, 0.717) is 17.9 Å². The maximum absolute atomic E-state index is 5.81. The first-order valence-electron chi connectivity index (χ1n) is 6.67. The molecule has 0 aliphatic carbocycles. The summed E-state index contributed by atoms with van der Waals surface area (Å²) in [6.07, 6.45) is 2.44. The summed E-state index contributed by atoms with van der Waals surface area (Å²) in [6, 6.07) is 9.04. The standard InChI is InChI=1S/C15H23NO/c1-4-7-13(16-3)15-11(2)10-17-14-9-6-5-8-12(14)15/h5-6,8-9,11,13,15-16H,4,7,10H2,1-3H3. The van der Waals surface area contributed by atoms with Crippen molar-refractivity contribution in [2.45, 2.75) is 38.6 Å². The minimum atomic E-state index is 0.556. The fourth-order valence-electron chi connectivity index (χ4n) is 2.95. The Morgan fingerprint density at radius 1 is 1.41 bits per heavy atom. The molecule has 1 aliphatic rings. The van der Waals surface area contributed by atoms with Crippen LogP contribution in [0.1, 0.15) is 38.2 Å². The van der Waals surface area contributed by atoms with Crippen LogP contribution in [0.3, 0.4) is 0 Å². The zero-order valence-electron chi connectivity index (χ0n) is 11.1. The van der Waals surface area contributed by atoms with E-state index < -0.39 is 0 Å². The van der Waals surface area contributed by atoms with E-state index in [1.807, 2.05) is 0 Å². The molecule has 0 saturated carbocycles. The Morgan fingerprint density at radius 3 is 2.88 bits per heavy atom. The SMILES string of the molecule is CCCC(NC)C1c2ccccc2OCC1C. The molecule has 2 nitrogen and oxygen atoms in total. The maximum atomic E-state index is 5.81. The van der Waals surface area contributed by atoms with Gasteiger partial charge in [0.05, 0.1) is 6.61 Å². The van der Waals surface area contributed by atoms with Gasteiger partial charge in [-0.25, -0.2) is 0 Å². The maximum Gasteiger partial charge on any atom is 0.122 e. The Balaban J connectivity index is 2.31. The molecule has 1 aromatic rings. The van der Waals surface area contributed by atoms with Crippen LogP contribution < -0.4 is 10.1 Å². The van der Waals surface area contributed by atoms with E-state index in [-0.39, 0.29) is 0 Å². The van der Waals surface area contributed by atoms with Gasteiger partial charge >= 0.3 is 0 Å². The van der Waals surface area contributed by atoms with Gasteiger partial charge in [0, 0.05) is 12.0 Å². The van der Waals surface area contributed by atoms with Gasteiger partial charge in [-0.15, -0.1) is 0 Å². The van der Waals surface area contributed by atoms with E-state index in [2.05, 4.69) is 50.5 Å². The van der Waals surface area contributed by atoms with Crippen molar-refractivity contribution in [2.75, 3.05) is 13.7 Å². The quantitative estimate of drug-likeness (QED) is 0.862. The van der Waals surface area contributed by atoms with Crippen LogP contribution in [0.2, 0.25) is 0 Å². The topological polar surface area (TPSA) is 21.3 Å². The molecule has 94 valence electrons. The van der Waals surface area contributed by atoms with Crippen molar-refractivity contribution < 1.29 is 4.74 Å². The first-order valence-corrected chi connectivity index (χ1v) is 6.67. The molecule has 0 radical (unpaired) electrons. The molecule has 0 fully saturated rings. The predicted molar refractivity (Wildman–Crippen MR) is 71.6 cm³/mol. The lowest BCUT2D eigenvalue weighted by Crippen LogP contribution is -2.39. The normalized spacial score (nSPS) is 24.9. The third-order valence-electron chi connectivity index (χ3n) is 3.80. The molecule has 0 amide bonds. The van der Waals surface area contributed by atoms with E-state index in [4.69, 9.17) is 4.74 Å². The number of para-hydroxylation sites is 1. The third kappa shape index (κ3) is 2.47. The van der Waals surface area contributed by atoms with Gasteiger partial charge in [-0.2, -0.15) is 0 Å². The Hall–Kier alpha value is -1.02. The summed E-state index contributed by atoms with van der Waals surface area (Å²) < 4.78 is 5.81. The molecule has 0 saturated heterocycles. The Morgan fingerprint density at radius 2 is 2.18 bits per heavy atom. The molecule has 17 heavy (non-hydrogen) atoms. The predicted octanol–water partition coefficient (Wildman–Crippen LogP) is 3.19. The number of nitrogens with one attached hydrogen (secondary N) is 1. The van der Waals surface area contributed by atoms with Crippen molar-refractivity contribution in [1.29, 1.82) is 0 Å². The van der Waals surface area contributed by atoms with Gasteiger partial charge in [-0.3, -0.25) is 0 Å². The van der Waals surface area contributed by atoms with E-state index >= 15 is 0 Å². The van der Waals surface area contributed by atoms with Gasteiger partial charge in [0.15, 0.2) is 0 Å². The van der Waals surface area contributed by atoms with Crippen LogP contribution in [-0.4, -0.2) is 19.7 Å².